The van der Waals surface area contributed by atoms with Gasteiger partial charge in [0, 0.05) is 15.6 Å². The number of anilines is 1. The Balaban J connectivity index is 1.62. The van der Waals surface area contributed by atoms with Gasteiger partial charge in [0.15, 0.2) is 0 Å². The summed E-state index contributed by atoms with van der Waals surface area (Å²) in [6.45, 7) is 0.462. The molecule has 156 valence electrons. The van der Waals surface area contributed by atoms with E-state index in [0.717, 1.165) is 28.1 Å². The zero-order chi connectivity index (χ0) is 21.8. The van der Waals surface area contributed by atoms with Gasteiger partial charge in [-0.05, 0) is 59.0 Å². The highest BCUT2D eigenvalue weighted by Gasteiger charge is 2.38. The summed E-state index contributed by atoms with van der Waals surface area (Å²) in [5, 5.41) is 4.58. The lowest BCUT2D eigenvalue weighted by molar-refractivity contribution is -0.119. The lowest BCUT2D eigenvalue weighted by atomic mass is 9.90. The van der Waals surface area contributed by atoms with Crippen LogP contribution in [0.25, 0.3) is 10.4 Å². The number of para-hydroxylation sites is 1. The fourth-order valence-corrected chi connectivity index (χ4v) is 4.12. The number of rotatable bonds is 7. The monoisotopic (exact) mass is 432 g/mol. The number of hydrogen-bond acceptors (Lipinski definition) is 3. The summed E-state index contributed by atoms with van der Waals surface area (Å²) in [4.78, 5) is 18.3. The topological polar surface area (TPSA) is 78.3 Å². The molecule has 0 saturated heterocycles. The molecule has 3 aromatic carbocycles. The van der Waals surface area contributed by atoms with Gasteiger partial charge in [-0.3, -0.25) is 4.79 Å². The molecule has 2 atom stereocenters. The summed E-state index contributed by atoms with van der Waals surface area (Å²) in [6.07, 6.45) is 0.390. The minimum atomic E-state index is -0.467. The molecule has 1 aliphatic heterocycles. The van der Waals surface area contributed by atoms with E-state index in [9.17, 15) is 4.79 Å². The molecule has 4 rings (SSSR count). The van der Waals surface area contributed by atoms with Crippen LogP contribution in [-0.4, -0.2) is 13.0 Å². The Morgan fingerprint density at radius 3 is 2.48 bits per heavy atom. The Kier molecular flexibility index (Phi) is 6.12. The van der Waals surface area contributed by atoms with Crippen molar-refractivity contribution in [3.8, 4) is 5.75 Å². The van der Waals surface area contributed by atoms with Crippen LogP contribution < -0.4 is 9.64 Å². The highest BCUT2D eigenvalue weighted by molar-refractivity contribution is 6.30. The van der Waals surface area contributed by atoms with E-state index in [1.165, 1.54) is 0 Å². The molecule has 1 amide bonds. The molecule has 6 nitrogen and oxygen atoms in total. The summed E-state index contributed by atoms with van der Waals surface area (Å²) in [5.41, 5.74) is 12.8. The van der Waals surface area contributed by atoms with Crippen LogP contribution in [-0.2, 0) is 11.3 Å². The number of hydrogen-bond donors (Lipinski definition) is 0. The number of benzene rings is 3. The van der Waals surface area contributed by atoms with Crippen molar-refractivity contribution in [2.45, 2.75) is 24.9 Å². The molecule has 3 aromatic rings. The van der Waals surface area contributed by atoms with Crippen LogP contribution in [0.3, 0.4) is 0 Å². The van der Waals surface area contributed by atoms with Gasteiger partial charge in [0.1, 0.15) is 5.75 Å². The number of carbonyl (C=O) groups excluding carboxylic acids is 1. The van der Waals surface area contributed by atoms with Gasteiger partial charge in [0.2, 0.25) is 5.91 Å². The molecule has 0 radical (unpaired) electrons. The van der Waals surface area contributed by atoms with Crippen molar-refractivity contribution in [3.63, 3.8) is 0 Å². The van der Waals surface area contributed by atoms with Gasteiger partial charge >= 0.3 is 0 Å². The highest BCUT2D eigenvalue weighted by Crippen LogP contribution is 2.43. The van der Waals surface area contributed by atoms with E-state index in [0.29, 0.717) is 18.0 Å². The standard InChI is InChI=1S/C24H21ClN4O2/c1-31-19-12-6-16(7-13-19)15-29-23-5-3-2-4-20(23)21(24(29)30)14-22(27-28-26)17-8-10-18(25)11-9-17/h2-13,21-22H,14-15H2,1H3. The van der Waals surface area contributed by atoms with Crippen LogP contribution in [0.5, 0.6) is 5.75 Å². The quantitative estimate of drug-likeness (QED) is 0.245. The van der Waals surface area contributed by atoms with Crippen LogP contribution in [0.15, 0.2) is 77.9 Å². The molecule has 7 heteroatoms. The molecule has 0 fully saturated rings. The third kappa shape index (κ3) is 4.36. The van der Waals surface area contributed by atoms with Crippen molar-refractivity contribution in [3.05, 3.63) is 105 Å². The fourth-order valence-electron chi connectivity index (χ4n) is 3.99. The summed E-state index contributed by atoms with van der Waals surface area (Å²) < 4.78 is 5.22. The SMILES string of the molecule is COc1ccc(CN2C(=O)C(CC(N=[N+]=[N-])c3ccc(Cl)cc3)c3ccccc32)cc1. The molecule has 0 aliphatic carbocycles. The molecule has 0 spiro atoms. The minimum Gasteiger partial charge on any atom is -0.497 e. The highest BCUT2D eigenvalue weighted by atomic mass is 35.5. The number of methoxy groups -OCH3 is 1. The predicted octanol–water partition coefficient (Wildman–Crippen LogP) is 6.42. The first-order chi connectivity index (χ1) is 15.1. The number of ether oxygens (including phenoxy) is 1. The van der Waals surface area contributed by atoms with Crippen LogP contribution >= 0.6 is 11.6 Å². The first-order valence-corrected chi connectivity index (χ1v) is 10.3. The van der Waals surface area contributed by atoms with E-state index < -0.39 is 6.04 Å². The lowest BCUT2D eigenvalue weighted by Gasteiger charge is -2.20. The number of carbonyl (C=O) groups is 1. The third-order valence-corrected chi connectivity index (χ3v) is 5.82. The maximum absolute atomic E-state index is 13.5. The Morgan fingerprint density at radius 2 is 1.81 bits per heavy atom. The van der Waals surface area contributed by atoms with Gasteiger partial charge < -0.3 is 9.64 Å². The largest absolute Gasteiger partial charge is 0.497 e. The second kappa shape index (κ2) is 9.13. The van der Waals surface area contributed by atoms with Crippen molar-refractivity contribution >= 4 is 23.2 Å². The average molecular weight is 433 g/mol. The van der Waals surface area contributed by atoms with E-state index in [-0.39, 0.29) is 11.8 Å². The molecule has 0 bridgehead atoms. The summed E-state index contributed by atoms with van der Waals surface area (Å²) in [6, 6.07) is 22.2. The first kappa shape index (κ1) is 20.8. The van der Waals surface area contributed by atoms with Gasteiger partial charge in [-0.25, -0.2) is 0 Å². The lowest BCUT2D eigenvalue weighted by Crippen LogP contribution is -2.28. The Hall–Kier alpha value is -3.47. The molecule has 2 unspecified atom stereocenters. The van der Waals surface area contributed by atoms with Crippen molar-refractivity contribution < 1.29 is 9.53 Å². The molecule has 1 heterocycles. The smallest absolute Gasteiger partial charge is 0.234 e. The average Bonchev–Trinajstić information content (AvgIpc) is 3.06. The molecule has 1 aliphatic rings. The van der Waals surface area contributed by atoms with Crippen LogP contribution in [0.1, 0.15) is 35.1 Å². The van der Waals surface area contributed by atoms with Crippen LogP contribution in [0.4, 0.5) is 5.69 Å². The second-order valence-electron chi connectivity index (χ2n) is 7.39. The Labute approximate surface area is 185 Å². The predicted molar refractivity (Wildman–Crippen MR) is 121 cm³/mol. The summed E-state index contributed by atoms with van der Waals surface area (Å²) >= 11 is 6.00. The van der Waals surface area contributed by atoms with Crippen molar-refractivity contribution in [1.82, 2.24) is 0 Å². The third-order valence-electron chi connectivity index (χ3n) is 5.57. The van der Waals surface area contributed by atoms with E-state index >= 15 is 0 Å². The van der Waals surface area contributed by atoms with Gasteiger partial charge in [-0.2, -0.15) is 0 Å². The van der Waals surface area contributed by atoms with E-state index in [1.54, 1.807) is 24.1 Å². The van der Waals surface area contributed by atoms with E-state index in [1.807, 2.05) is 60.7 Å². The number of fused-ring (bicyclic) bond motifs is 1. The Morgan fingerprint density at radius 1 is 1.10 bits per heavy atom. The second-order valence-corrected chi connectivity index (χ2v) is 7.83. The van der Waals surface area contributed by atoms with Crippen molar-refractivity contribution in [2.75, 3.05) is 12.0 Å². The number of nitrogens with zero attached hydrogens (tertiary/aromatic N) is 4. The zero-order valence-electron chi connectivity index (χ0n) is 17.0. The Bertz CT molecular complexity index is 1130. The normalized spacial score (nSPS) is 15.9. The molecular weight excluding hydrogens is 412 g/mol. The first-order valence-electron chi connectivity index (χ1n) is 9.93. The van der Waals surface area contributed by atoms with Crippen LogP contribution in [0.2, 0.25) is 5.02 Å². The zero-order valence-corrected chi connectivity index (χ0v) is 17.7. The number of amides is 1. The molecule has 0 aromatic heterocycles. The fraction of sp³-hybridized carbons (Fsp3) is 0.208. The maximum atomic E-state index is 13.5. The maximum Gasteiger partial charge on any atom is 0.234 e. The van der Waals surface area contributed by atoms with E-state index in [2.05, 4.69) is 10.0 Å². The molecule has 0 saturated carbocycles. The number of halogens is 1. The van der Waals surface area contributed by atoms with Gasteiger partial charge in [0.05, 0.1) is 25.6 Å². The summed E-state index contributed by atoms with van der Waals surface area (Å²) in [5.74, 6) is 0.389. The molecular formula is C24H21ClN4O2. The van der Waals surface area contributed by atoms with Gasteiger partial charge in [-0.15, -0.1) is 0 Å². The molecule has 31 heavy (non-hydrogen) atoms. The van der Waals surface area contributed by atoms with Crippen molar-refractivity contribution in [1.29, 1.82) is 0 Å². The minimum absolute atomic E-state index is 0.00382. The van der Waals surface area contributed by atoms with Crippen LogP contribution in [0, 0.1) is 0 Å². The van der Waals surface area contributed by atoms with E-state index in [4.69, 9.17) is 21.9 Å². The van der Waals surface area contributed by atoms with Gasteiger partial charge in [0.25, 0.3) is 0 Å². The van der Waals surface area contributed by atoms with Gasteiger partial charge in [-0.1, -0.05) is 59.2 Å². The number of azide groups is 1. The molecule has 0 N–H and O–H groups in total. The summed E-state index contributed by atoms with van der Waals surface area (Å²) in [7, 11) is 1.63. The van der Waals surface area contributed by atoms with Crippen molar-refractivity contribution in [2.24, 2.45) is 5.11 Å².